The number of carboxylic acid groups (broad SMARTS) is 1. The van der Waals surface area contributed by atoms with Gasteiger partial charge < -0.3 is 21.1 Å². The Kier molecular flexibility index (Phi) is 8.28. The van der Waals surface area contributed by atoms with Crippen molar-refractivity contribution in [1.29, 1.82) is 5.41 Å². The molecule has 2 aliphatic rings. The van der Waals surface area contributed by atoms with E-state index in [2.05, 4.69) is 20.8 Å². The van der Waals surface area contributed by atoms with Gasteiger partial charge in [-0.15, -0.1) is 10.2 Å². The summed E-state index contributed by atoms with van der Waals surface area (Å²) in [6.07, 6.45) is 9.50. The molecule has 0 saturated heterocycles. The second kappa shape index (κ2) is 11.1. The molecule has 1 aromatic rings. The van der Waals surface area contributed by atoms with Crippen molar-refractivity contribution in [3.8, 4) is 0 Å². The number of aromatic nitrogens is 2. The van der Waals surface area contributed by atoms with Crippen LogP contribution < -0.4 is 16.4 Å². The third kappa shape index (κ3) is 6.33. The number of aliphatic carboxylic acids is 1. The van der Waals surface area contributed by atoms with E-state index in [0.717, 1.165) is 37.0 Å². The number of amidine groups is 1. The maximum atomic E-state index is 13.3. The molecule has 6 N–H and O–H groups in total. The van der Waals surface area contributed by atoms with E-state index in [1.165, 1.54) is 11.3 Å². The molecular formula is C20H29N7O4S. The summed E-state index contributed by atoms with van der Waals surface area (Å²) in [6, 6.07) is -1.42. The topological polar surface area (TPSA) is 174 Å². The minimum atomic E-state index is -1.03. The Morgan fingerprint density at radius 2 is 2.03 bits per heavy atom. The Bertz CT molecular complexity index is 881. The van der Waals surface area contributed by atoms with Gasteiger partial charge >= 0.3 is 5.97 Å². The summed E-state index contributed by atoms with van der Waals surface area (Å²) in [6.45, 7) is 0.0931. The number of amides is 2. The van der Waals surface area contributed by atoms with E-state index in [9.17, 15) is 14.4 Å². The van der Waals surface area contributed by atoms with Gasteiger partial charge in [0.25, 0.3) is 0 Å². The van der Waals surface area contributed by atoms with E-state index in [1.807, 2.05) is 0 Å². The normalized spacial score (nSPS) is 19.6. The summed E-state index contributed by atoms with van der Waals surface area (Å²) in [5, 5.41) is 30.5. The van der Waals surface area contributed by atoms with Crippen molar-refractivity contribution in [1.82, 2.24) is 25.7 Å². The van der Waals surface area contributed by atoms with Crippen LogP contribution in [-0.2, 0) is 20.9 Å². The predicted octanol–water partition coefficient (Wildman–Crippen LogP) is 0.219. The zero-order chi connectivity index (χ0) is 23.1. The molecule has 2 heterocycles. The van der Waals surface area contributed by atoms with E-state index in [0.29, 0.717) is 23.9 Å². The lowest BCUT2D eigenvalue weighted by Crippen LogP contribution is -2.53. The van der Waals surface area contributed by atoms with Crippen LogP contribution in [0.2, 0.25) is 0 Å². The van der Waals surface area contributed by atoms with Crippen LogP contribution in [0.15, 0.2) is 12.2 Å². The zero-order valence-corrected chi connectivity index (χ0v) is 18.6. The number of carbonyl (C=O) groups is 3. The number of nitrogens with two attached hydrogens (primary N) is 1. The van der Waals surface area contributed by atoms with Gasteiger partial charge in [-0.1, -0.05) is 55.6 Å². The first kappa shape index (κ1) is 23.8. The van der Waals surface area contributed by atoms with Crippen LogP contribution in [0.5, 0.6) is 0 Å². The molecule has 0 radical (unpaired) electrons. The molecule has 2 atom stereocenters. The Morgan fingerprint density at radius 3 is 2.69 bits per heavy atom. The fourth-order valence-corrected chi connectivity index (χ4v) is 4.76. The molecule has 0 bridgehead atoms. The molecule has 11 nitrogen and oxygen atoms in total. The van der Waals surface area contributed by atoms with E-state index in [4.69, 9.17) is 16.2 Å². The van der Waals surface area contributed by atoms with Crippen molar-refractivity contribution in [3.63, 3.8) is 0 Å². The Hall–Kier alpha value is -2.86. The quantitative estimate of drug-likeness (QED) is 0.186. The van der Waals surface area contributed by atoms with Crippen molar-refractivity contribution < 1.29 is 19.5 Å². The molecule has 1 aliphatic carbocycles. The van der Waals surface area contributed by atoms with Gasteiger partial charge in [-0.2, -0.15) is 0 Å². The second-order valence-corrected chi connectivity index (χ2v) is 9.13. The molecule has 3 rings (SSSR count). The third-order valence-corrected chi connectivity index (χ3v) is 6.67. The lowest BCUT2D eigenvalue weighted by molar-refractivity contribution is -0.140. The molecule has 174 valence electrons. The number of nitrogen functional groups attached to an aromatic ring is 1. The van der Waals surface area contributed by atoms with Crippen molar-refractivity contribution in [2.45, 2.75) is 57.2 Å². The van der Waals surface area contributed by atoms with Crippen LogP contribution in [0.3, 0.4) is 0 Å². The van der Waals surface area contributed by atoms with Crippen molar-refractivity contribution in [2.75, 3.05) is 13.1 Å². The molecule has 0 aromatic carbocycles. The first-order valence-electron chi connectivity index (χ1n) is 10.7. The lowest BCUT2D eigenvalue weighted by atomic mass is 9.84. The number of hydrogen-bond donors (Lipinski definition) is 5. The number of carboxylic acids is 1. The average Bonchev–Trinajstić information content (AvgIpc) is 3.45. The predicted molar refractivity (Wildman–Crippen MR) is 118 cm³/mol. The largest absolute Gasteiger partial charge is 0.480 e. The van der Waals surface area contributed by atoms with E-state index in [1.54, 1.807) is 12.2 Å². The van der Waals surface area contributed by atoms with Gasteiger partial charge in [0.2, 0.25) is 11.8 Å². The SMILES string of the molecule is N=C(N)c1nnc(CNC(=O)[C@@H]2C=CCN2C(=O)[C@@H](CC2CCCCC2)NCC(=O)O)s1. The van der Waals surface area contributed by atoms with Gasteiger partial charge in [0.05, 0.1) is 19.1 Å². The average molecular weight is 464 g/mol. The van der Waals surface area contributed by atoms with Crippen molar-refractivity contribution in [2.24, 2.45) is 11.7 Å². The van der Waals surface area contributed by atoms with Crippen LogP contribution in [0.1, 0.15) is 48.5 Å². The fraction of sp³-hybridized carbons (Fsp3) is 0.600. The molecule has 2 amide bonds. The number of nitrogens with zero attached hydrogens (tertiary/aromatic N) is 3. The lowest BCUT2D eigenvalue weighted by Gasteiger charge is -2.31. The molecule has 1 fully saturated rings. The van der Waals surface area contributed by atoms with Crippen LogP contribution in [0, 0.1) is 11.3 Å². The fourth-order valence-electron chi connectivity index (χ4n) is 4.12. The summed E-state index contributed by atoms with van der Waals surface area (Å²) >= 11 is 1.12. The number of hydrogen-bond acceptors (Lipinski definition) is 8. The van der Waals surface area contributed by atoms with Gasteiger partial charge in [0.15, 0.2) is 10.8 Å². The highest BCUT2D eigenvalue weighted by Gasteiger charge is 2.35. The van der Waals surface area contributed by atoms with Gasteiger partial charge in [-0.3, -0.25) is 25.1 Å². The molecule has 1 aromatic heterocycles. The Balaban J connectivity index is 1.61. The van der Waals surface area contributed by atoms with Gasteiger partial charge in [0.1, 0.15) is 11.0 Å². The Labute approximate surface area is 190 Å². The maximum absolute atomic E-state index is 13.3. The van der Waals surface area contributed by atoms with Crippen LogP contribution >= 0.6 is 11.3 Å². The van der Waals surface area contributed by atoms with Crippen LogP contribution in [-0.4, -0.2) is 69.0 Å². The van der Waals surface area contributed by atoms with E-state index >= 15 is 0 Å². The summed E-state index contributed by atoms with van der Waals surface area (Å²) in [5.41, 5.74) is 5.38. The summed E-state index contributed by atoms with van der Waals surface area (Å²) in [7, 11) is 0. The van der Waals surface area contributed by atoms with E-state index < -0.39 is 18.1 Å². The van der Waals surface area contributed by atoms with Gasteiger partial charge in [-0.25, -0.2) is 0 Å². The number of rotatable bonds is 10. The first-order valence-corrected chi connectivity index (χ1v) is 11.5. The van der Waals surface area contributed by atoms with Gasteiger partial charge in [-0.05, 0) is 12.3 Å². The van der Waals surface area contributed by atoms with Crippen LogP contribution in [0.25, 0.3) is 0 Å². The highest BCUT2D eigenvalue weighted by atomic mass is 32.1. The standard InChI is InChI=1S/C20H29N7O4S/c21-17(22)19-26-25-15(32-19)10-24-18(30)14-7-4-8-27(14)20(31)13(23-11-16(28)29)9-12-5-2-1-3-6-12/h4,7,12-14,23H,1-3,5-6,8-11H2,(H3,21,22)(H,24,30)(H,28,29)/t13-,14+/m1/s1. The van der Waals surface area contributed by atoms with E-state index in [-0.39, 0.29) is 35.7 Å². The molecule has 32 heavy (non-hydrogen) atoms. The van der Waals surface area contributed by atoms with Gasteiger partial charge in [0, 0.05) is 6.54 Å². The van der Waals surface area contributed by atoms with Crippen molar-refractivity contribution >= 4 is 35.0 Å². The number of nitrogens with one attached hydrogen (secondary N) is 3. The summed E-state index contributed by atoms with van der Waals surface area (Å²) in [4.78, 5) is 38.6. The van der Waals surface area contributed by atoms with Crippen LogP contribution in [0.4, 0.5) is 0 Å². The molecule has 12 heteroatoms. The third-order valence-electron chi connectivity index (χ3n) is 5.71. The minimum absolute atomic E-state index is 0.110. The second-order valence-electron chi connectivity index (χ2n) is 8.06. The highest BCUT2D eigenvalue weighted by molar-refractivity contribution is 7.13. The molecule has 1 saturated carbocycles. The smallest absolute Gasteiger partial charge is 0.317 e. The maximum Gasteiger partial charge on any atom is 0.317 e. The monoisotopic (exact) mass is 463 g/mol. The molecule has 0 unspecified atom stereocenters. The minimum Gasteiger partial charge on any atom is -0.480 e. The first-order chi connectivity index (χ1) is 15.3. The molecular weight excluding hydrogens is 434 g/mol. The Morgan fingerprint density at radius 1 is 1.28 bits per heavy atom. The summed E-state index contributed by atoms with van der Waals surface area (Å²) in [5.74, 6) is -1.47. The number of carbonyl (C=O) groups excluding carboxylic acids is 2. The van der Waals surface area contributed by atoms with Crippen molar-refractivity contribution in [3.05, 3.63) is 22.2 Å². The molecule has 1 aliphatic heterocycles. The zero-order valence-electron chi connectivity index (χ0n) is 17.7. The highest BCUT2D eigenvalue weighted by Crippen LogP contribution is 2.28. The molecule has 0 spiro atoms. The summed E-state index contributed by atoms with van der Waals surface area (Å²) < 4.78 is 0.